The summed E-state index contributed by atoms with van der Waals surface area (Å²) in [5.41, 5.74) is -0.691. The maximum Gasteiger partial charge on any atom is 0.460 e. The number of carbonyl (C=O) groups is 1. The van der Waals surface area contributed by atoms with E-state index in [-0.39, 0.29) is 0 Å². The summed E-state index contributed by atoms with van der Waals surface area (Å²) in [5, 5.41) is 1.58. The number of rotatable bonds is 7. The molecule has 0 fully saturated rings. The zero-order valence-electron chi connectivity index (χ0n) is 11.9. The number of halogens is 8. The van der Waals surface area contributed by atoms with E-state index < -0.39 is 45.1 Å². The van der Waals surface area contributed by atoms with Crippen LogP contribution in [0.4, 0.5) is 40.8 Å². The molecule has 0 aliphatic rings. The Kier molecular flexibility index (Phi) is 5.50. The molecule has 1 atom stereocenters. The zero-order valence-corrected chi connectivity index (χ0v) is 12.7. The number of carboxylic acid groups (broad SMARTS) is 1. The second-order valence-electron chi connectivity index (χ2n) is 4.51. The van der Waals surface area contributed by atoms with Crippen LogP contribution in [0.3, 0.4) is 0 Å². The molecule has 0 radical (unpaired) electrons. The number of hydrogen-bond donors (Lipinski definition) is 2. The topological polar surface area (TPSA) is 92.7 Å². The molecular weight excluding hydrogens is 410 g/mol. The Morgan fingerprint density at radius 3 is 1.81 bits per heavy atom. The van der Waals surface area contributed by atoms with Gasteiger partial charge in [0, 0.05) is 5.69 Å². The van der Waals surface area contributed by atoms with E-state index in [9.17, 15) is 48.3 Å². The highest BCUT2D eigenvalue weighted by molar-refractivity contribution is 7.93. The lowest BCUT2D eigenvalue weighted by molar-refractivity contribution is -0.425. The van der Waals surface area contributed by atoms with E-state index in [0.717, 1.165) is 29.0 Å². The minimum Gasteiger partial charge on any atom is -0.477 e. The minimum absolute atomic E-state index is 0.691. The zero-order chi connectivity index (χ0) is 20.6. The second-order valence-corrected chi connectivity index (χ2v) is 6.23. The van der Waals surface area contributed by atoms with Crippen LogP contribution in [0.2, 0.25) is 0 Å². The van der Waals surface area contributed by atoms with E-state index in [1.165, 1.54) is 6.07 Å². The SMILES string of the molecule is O=C(O)C(F)(OC(F)(F)C(F)(F)S(=O)(=O)Nc1ccccc1)C(F)(F)F. The molecule has 26 heavy (non-hydrogen) atoms. The number of anilines is 1. The summed E-state index contributed by atoms with van der Waals surface area (Å²) < 4.78 is 130. The molecule has 0 aliphatic carbocycles. The summed E-state index contributed by atoms with van der Waals surface area (Å²) in [5.74, 6) is -10.0. The Labute approximate surface area is 139 Å². The third-order valence-corrected chi connectivity index (χ3v) is 4.03. The number of ether oxygens (including phenoxy) is 1. The molecule has 1 aromatic rings. The number of sulfonamides is 1. The van der Waals surface area contributed by atoms with E-state index in [4.69, 9.17) is 5.11 Å². The lowest BCUT2D eigenvalue weighted by atomic mass is 10.3. The average Bonchev–Trinajstić information content (AvgIpc) is 2.45. The van der Waals surface area contributed by atoms with Gasteiger partial charge in [-0.3, -0.25) is 9.46 Å². The molecule has 0 aliphatic heterocycles. The van der Waals surface area contributed by atoms with Gasteiger partial charge in [-0.2, -0.15) is 43.5 Å². The molecule has 0 spiro atoms. The van der Waals surface area contributed by atoms with Crippen molar-refractivity contribution in [2.75, 3.05) is 4.72 Å². The lowest BCUT2D eigenvalue weighted by Crippen LogP contribution is -2.60. The van der Waals surface area contributed by atoms with Gasteiger partial charge in [0.1, 0.15) is 0 Å². The van der Waals surface area contributed by atoms with Crippen molar-refractivity contribution in [1.82, 2.24) is 0 Å². The number of hydrogen-bond acceptors (Lipinski definition) is 4. The Morgan fingerprint density at radius 2 is 1.42 bits per heavy atom. The smallest absolute Gasteiger partial charge is 0.460 e. The van der Waals surface area contributed by atoms with Gasteiger partial charge in [0.05, 0.1) is 0 Å². The van der Waals surface area contributed by atoms with Crippen LogP contribution in [0.25, 0.3) is 0 Å². The van der Waals surface area contributed by atoms with Crippen LogP contribution < -0.4 is 4.72 Å². The molecule has 15 heteroatoms. The van der Waals surface area contributed by atoms with Gasteiger partial charge < -0.3 is 5.11 Å². The fraction of sp³-hybridized carbons (Fsp3) is 0.364. The van der Waals surface area contributed by atoms with Gasteiger partial charge in [-0.05, 0) is 12.1 Å². The standard InChI is InChI=1S/C11H7F8NO5S/c12-8(7(21)22,9(13,14)15)25-10(16,17)11(18,19)26(23,24)20-6-4-2-1-3-5-6/h1-5,20H,(H,21,22). The first-order valence-electron chi connectivity index (χ1n) is 6.00. The van der Waals surface area contributed by atoms with E-state index in [0.29, 0.717) is 0 Å². The summed E-state index contributed by atoms with van der Waals surface area (Å²) in [6.07, 6.45) is -13.5. The van der Waals surface area contributed by atoms with Crippen molar-refractivity contribution in [1.29, 1.82) is 0 Å². The van der Waals surface area contributed by atoms with Gasteiger partial charge in [0.2, 0.25) is 0 Å². The Balaban J connectivity index is 3.29. The number of carboxylic acids is 1. The van der Waals surface area contributed by atoms with Gasteiger partial charge in [0.15, 0.2) is 0 Å². The number of para-hydroxylation sites is 1. The molecule has 0 saturated heterocycles. The molecule has 148 valence electrons. The molecule has 0 aromatic heterocycles. The van der Waals surface area contributed by atoms with Crippen molar-refractivity contribution >= 4 is 21.7 Å². The van der Waals surface area contributed by atoms with E-state index in [1.807, 2.05) is 0 Å². The van der Waals surface area contributed by atoms with Crippen molar-refractivity contribution in [3.05, 3.63) is 30.3 Å². The average molecular weight is 417 g/mol. The monoisotopic (exact) mass is 417 g/mol. The highest BCUT2D eigenvalue weighted by Crippen LogP contribution is 2.47. The van der Waals surface area contributed by atoms with Gasteiger partial charge in [-0.25, -0.2) is 4.79 Å². The van der Waals surface area contributed by atoms with Crippen molar-refractivity contribution in [3.63, 3.8) is 0 Å². The van der Waals surface area contributed by atoms with Gasteiger partial charge in [-0.1, -0.05) is 18.2 Å². The molecule has 1 rings (SSSR count). The molecule has 0 heterocycles. The van der Waals surface area contributed by atoms with Crippen LogP contribution in [0.5, 0.6) is 0 Å². The maximum absolute atomic E-state index is 13.6. The van der Waals surface area contributed by atoms with Crippen LogP contribution in [-0.4, -0.2) is 42.9 Å². The van der Waals surface area contributed by atoms with Crippen molar-refractivity contribution < 1.29 is 58.2 Å². The summed E-state index contributed by atoms with van der Waals surface area (Å²) in [4.78, 5) is 10.2. The lowest BCUT2D eigenvalue weighted by Gasteiger charge is -2.31. The molecule has 0 saturated carbocycles. The molecular formula is C11H7F8NO5S. The fourth-order valence-corrected chi connectivity index (χ4v) is 2.27. The molecule has 6 nitrogen and oxygen atoms in total. The molecule has 0 bridgehead atoms. The second kappa shape index (κ2) is 6.53. The number of benzene rings is 1. The quantitative estimate of drug-likeness (QED) is 0.666. The van der Waals surface area contributed by atoms with Gasteiger partial charge in [-0.15, -0.1) is 0 Å². The molecule has 1 aromatic carbocycles. The van der Waals surface area contributed by atoms with Crippen LogP contribution in [-0.2, 0) is 19.6 Å². The van der Waals surface area contributed by atoms with E-state index >= 15 is 0 Å². The largest absolute Gasteiger partial charge is 0.477 e. The molecule has 2 N–H and O–H groups in total. The Hall–Kier alpha value is -2.16. The van der Waals surface area contributed by atoms with Gasteiger partial charge >= 0.3 is 39.4 Å². The summed E-state index contributed by atoms with van der Waals surface area (Å²) in [7, 11) is -6.50. The first-order valence-corrected chi connectivity index (χ1v) is 7.48. The van der Waals surface area contributed by atoms with Gasteiger partial charge in [0.25, 0.3) is 0 Å². The first kappa shape index (κ1) is 21.9. The highest BCUT2D eigenvalue weighted by Gasteiger charge is 2.76. The summed E-state index contributed by atoms with van der Waals surface area (Å²) in [6, 6.07) is 5.09. The first-order chi connectivity index (χ1) is 11.5. The highest BCUT2D eigenvalue weighted by atomic mass is 32.2. The number of nitrogens with one attached hydrogen (secondary N) is 1. The molecule has 1 unspecified atom stereocenters. The van der Waals surface area contributed by atoms with Crippen LogP contribution in [0, 0.1) is 0 Å². The van der Waals surface area contributed by atoms with Crippen molar-refractivity contribution in [2.45, 2.75) is 23.4 Å². The van der Waals surface area contributed by atoms with Crippen molar-refractivity contribution in [2.24, 2.45) is 0 Å². The van der Waals surface area contributed by atoms with E-state index in [2.05, 4.69) is 4.74 Å². The predicted molar refractivity (Wildman–Crippen MR) is 67.5 cm³/mol. The third-order valence-electron chi connectivity index (χ3n) is 2.61. The third kappa shape index (κ3) is 3.82. The molecule has 0 amide bonds. The maximum atomic E-state index is 13.6. The van der Waals surface area contributed by atoms with Crippen LogP contribution in [0.1, 0.15) is 0 Å². The Morgan fingerprint density at radius 1 is 0.962 bits per heavy atom. The van der Waals surface area contributed by atoms with Crippen LogP contribution in [0.15, 0.2) is 30.3 Å². The fourth-order valence-electron chi connectivity index (χ4n) is 1.34. The summed E-state index contributed by atoms with van der Waals surface area (Å²) >= 11 is 0. The normalized spacial score (nSPS) is 16.0. The Bertz CT molecular complexity index is 767. The van der Waals surface area contributed by atoms with Crippen molar-refractivity contribution in [3.8, 4) is 0 Å². The minimum atomic E-state index is -6.73. The van der Waals surface area contributed by atoms with E-state index in [1.54, 1.807) is 0 Å². The van der Waals surface area contributed by atoms with Crippen LogP contribution >= 0.6 is 0 Å². The number of alkyl halides is 8. The number of aliphatic carboxylic acids is 1. The predicted octanol–water partition coefficient (Wildman–Crippen LogP) is 2.94. The summed E-state index contributed by atoms with van der Waals surface area (Å²) in [6.45, 7) is 0.